The van der Waals surface area contributed by atoms with E-state index in [1.54, 1.807) is 11.0 Å². The van der Waals surface area contributed by atoms with Gasteiger partial charge in [-0.1, -0.05) is 59.9 Å². The van der Waals surface area contributed by atoms with E-state index >= 15 is 0 Å². The number of thioether (sulfide) groups is 1. The molecule has 1 amide bonds. The lowest BCUT2D eigenvalue weighted by molar-refractivity contribution is -0.121. The van der Waals surface area contributed by atoms with Gasteiger partial charge in [-0.3, -0.25) is 9.69 Å². The lowest BCUT2D eigenvalue weighted by Crippen LogP contribution is -2.27. The third-order valence-corrected chi connectivity index (χ3v) is 5.75. The van der Waals surface area contributed by atoms with Gasteiger partial charge in [0.1, 0.15) is 29.0 Å². The van der Waals surface area contributed by atoms with Crippen LogP contribution in [0.4, 0.5) is 0 Å². The summed E-state index contributed by atoms with van der Waals surface area (Å²) in [6.45, 7) is 8.05. The summed E-state index contributed by atoms with van der Waals surface area (Å²) in [6, 6.07) is 15.5. The molecule has 1 fully saturated rings. The number of nitrogens with zero attached hydrogens (tertiary/aromatic N) is 1. The molecule has 3 rings (SSSR count). The largest absolute Gasteiger partial charge is 0.491 e. The molecule has 0 radical (unpaired) electrons. The highest BCUT2D eigenvalue weighted by Crippen LogP contribution is 2.32. The normalized spacial score (nSPS) is 14.9. The van der Waals surface area contributed by atoms with Crippen molar-refractivity contribution in [3.63, 3.8) is 0 Å². The monoisotopic (exact) mass is 455 g/mol. The van der Waals surface area contributed by atoms with E-state index < -0.39 is 0 Å². The summed E-state index contributed by atoms with van der Waals surface area (Å²) >= 11 is 6.56. The molecule has 0 bridgehead atoms. The molecular formula is C24H25NO4S2. The summed E-state index contributed by atoms with van der Waals surface area (Å²) in [5.41, 5.74) is 2.12. The first-order valence-corrected chi connectivity index (χ1v) is 11.2. The molecule has 1 saturated heterocycles. The second kappa shape index (κ2) is 11.7. The van der Waals surface area contributed by atoms with Crippen molar-refractivity contribution < 1.29 is 19.0 Å². The van der Waals surface area contributed by atoms with E-state index in [1.165, 1.54) is 17.3 Å². The summed E-state index contributed by atoms with van der Waals surface area (Å²) in [7, 11) is 0. The summed E-state index contributed by atoms with van der Waals surface area (Å²) < 4.78 is 17.4. The lowest BCUT2D eigenvalue weighted by Gasteiger charge is -2.10. The highest BCUT2D eigenvalue weighted by molar-refractivity contribution is 8.26. The van der Waals surface area contributed by atoms with Crippen LogP contribution in [0.15, 0.2) is 66.1 Å². The van der Waals surface area contributed by atoms with Crippen molar-refractivity contribution in [1.29, 1.82) is 0 Å². The second-order valence-corrected chi connectivity index (χ2v) is 8.45. The molecule has 162 valence electrons. The molecule has 0 N–H and O–H groups in total. The average molecular weight is 456 g/mol. The Morgan fingerprint density at radius 1 is 0.968 bits per heavy atom. The van der Waals surface area contributed by atoms with Crippen LogP contribution in [-0.2, 0) is 9.53 Å². The molecule has 1 aliphatic rings. The Morgan fingerprint density at radius 3 is 2.13 bits per heavy atom. The Bertz CT molecular complexity index is 939. The SMILES string of the molecule is C=CCN1C(=O)/C(=C/c2ccc(OCCOCCOc3ccc(C)cc3)cc2)SC1=S. The summed E-state index contributed by atoms with van der Waals surface area (Å²) in [4.78, 5) is 14.5. The molecule has 0 atom stereocenters. The topological polar surface area (TPSA) is 48.0 Å². The molecule has 0 unspecified atom stereocenters. The van der Waals surface area contributed by atoms with E-state index in [4.69, 9.17) is 26.4 Å². The zero-order chi connectivity index (χ0) is 22.1. The van der Waals surface area contributed by atoms with Crippen LogP contribution < -0.4 is 9.47 Å². The van der Waals surface area contributed by atoms with Crippen molar-refractivity contribution in [2.45, 2.75) is 6.92 Å². The average Bonchev–Trinajstić information content (AvgIpc) is 3.03. The smallest absolute Gasteiger partial charge is 0.266 e. The fourth-order valence-electron chi connectivity index (χ4n) is 2.77. The number of benzene rings is 2. The van der Waals surface area contributed by atoms with Crippen molar-refractivity contribution in [2.24, 2.45) is 0 Å². The van der Waals surface area contributed by atoms with Gasteiger partial charge in [-0.15, -0.1) is 6.58 Å². The van der Waals surface area contributed by atoms with E-state index in [9.17, 15) is 4.79 Å². The maximum absolute atomic E-state index is 12.4. The number of aryl methyl sites for hydroxylation is 1. The minimum absolute atomic E-state index is 0.0845. The van der Waals surface area contributed by atoms with E-state index in [2.05, 4.69) is 6.58 Å². The van der Waals surface area contributed by atoms with Crippen LogP contribution in [-0.4, -0.2) is 48.1 Å². The zero-order valence-electron chi connectivity index (χ0n) is 17.4. The molecule has 0 aromatic heterocycles. The lowest BCUT2D eigenvalue weighted by atomic mass is 10.2. The van der Waals surface area contributed by atoms with Crippen LogP contribution in [0.3, 0.4) is 0 Å². The minimum Gasteiger partial charge on any atom is -0.491 e. The van der Waals surface area contributed by atoms with Gasteiger partial charge in [-0.05, 0) is 42.8 Å². The number of hydrogen-bond acceptors (Lipinski definition) is 6. The van der Waals surface area contributed by atoms with Gasteiger partial charge >= 0.3 is 0 Å². The number of carbonyl (C=O) groups excluding carboxylic acids is 1. The highest BCUT2D eigenvalue weighted by Gasteiger charge is 2.30. The van der Waals surface area contributed by atoms with E-state index in [0.717, 1.165) is 17.1 Å². The summed E-state index contributed by atoms with van der Waals surface area (Å²) in [5, 5.41) is 0. The molecule has 31 heavy (non-hydrogen) atoms. The summed E-state index contributed by atoms with van der Waals surface area (Å²) in [6.07, 6.45) is 3.50. The van der Waals surface area contributed by atoms with Gasteiger partial charge in [0.05, 0.1) is 18.1 Å². The Morgan fingerprint density at radius 2 is 1.55 bits per heavy atom. The number of rotatable bonds is 11. The van der Waals surface area contributed by atoms with Crippen molar-refractivity contribution in [2.75, 3.05) is 33.0 Å². The predicted octanol–water partition coefficient (Wildman–Crippen LogP) is 4.86. The summed E-state index contributed by atoms with van der Waals surface area (Å²) in [5.74, 6) is 1.50. The number of thiocarbonyl (C=S) groups is 1. The molecular weight excluding hydrogens is 430 g/mol. The maximum atomic E-state index is 12.4. The molecule has 0 spiro atoms. The molecule has 2 aromatic rings. The van der Waals surface area contributed by atoms with Crippen molar-refractivity contribution in [3.8, 4) is 11.5 Å². The van der Waals surface area contributed by atoms with Gasteiger partial charge in [0.15, 0.2) is 0 Å². The van der Waals surface area contributed by atoms with Gasteiger partial charge in [0.2, 0.25) is 0 Å². The van der Waals surface area contributed by atoms with Crippen LogP contribution in [0.5, 0.6) is 11.5 Å². The quantitative estimate of drug-likeness (QED) is 0.209. The molecule has 7 heteroatoms. The number of amides is 1. The Hall–Kier alpha value is -2.61. The van der Waals surface area contributed by atoms with Crippen LogP contribution in [0, 0.1) is 6.92 Å². The molecule has 1 aliphatic heterocycles. The fraction of sp³-hybridized carbons (Fsp3) is 0.250. The molecule has 0 saturated carbocycles. The third kappa shape index (κ3) is 6.95. The van der Waals surface area contributed by atoms with Crippen LogP contribution in [0.2, 0.25) is 0 Å². The van der Waals surface area contributed by atoms with Crippen LogP contribution >= 0.6 is 24.0 Å². The van der Waals surface area contributed by atoms with E-state index in [0.29, 0.717) is 42.2 Å². The van der Waals surface area contributed by atoms with E-state index in [-0.39, 0.29) is 5.91 Å². The first-order chi connectivity index (χ1) is 15.1. The first kappa shape index (κ1) is 23.1. The van der Waals surface area contributed by atoms with E-state index in [1.807, 2.05) is 61.5 Å². The van der Waals surface area contributed by atoms with Gasteiger partial charge in [0, 0.05) is 6.54 Å². The van der Waals surface area contributed by atoms with Crippen LogP contribution in [0.25, 0.3) is 6.08 Å². The number of ether oxygens (including phenoxy) is 3. The third-order valence-electron chi connectivity index (χ3n) is 4.38. The van der Waals surface area contributed by atoms with Gasteiger partial charge in [-0.25, -0.2) is 0 Å². The molecule has 2 aromatic carbocycles. The number of carbonyl (C=O) groups is 1. The van der Waals surface area contributed by atoms with Crippen LogP contribution in [0.1, 0.15) is 11.1 Å². The Kier molecular flexibility index (Phi) is 8.70. The fourth-order valence-corrected chi connectivity index (χ4v) is 4.05. The molecule has 5 nitrogen and oxygen atoms in total. The van der Waals surface area contributed by atoms with Gasteiger partial charge < -0.3 is 14.2 Å². The van der Waals surface area contributed by atoms with Gasteiger partial charge in [0.25, 0.3) is 5.91 Å². The molecule has 1 heterocycles. The van der Waals surface area contributed by atoms with Gasteiger partial charge in [-0.2, -0.15) is 0 Å². The van der Waals surface area contributed by atoms with Crippen molar-refractivity contribution >= 4 is 40.3 Å². The standard InChI is InChI=1S/C24H25NO4S2/c1-3-12-25-23(26)22(31-24(25)30)17-19-6-10-21(11-7-19)29-16-14-27-13-15-28-20-8-4-18(2)5-9-20/h3-11,17H,1,12-16H2,2H3/b22-17-. The Balaban J connectivity index is 1.36. The first-order valence-electron chi connectivity index (χ1n) is 9.93. The molecule has 0 aliphatic carbocycles. The van der Waals surface area contributed by atoms with Crippen molar-refractivity contribution in [3.05, 3.63) is 77.2 Å². The predicted molar refractivity (Wildman–Crippen MR) is 130 cm³/mol. The Labute approximate surface area is 192 Å². The zero-order valence-corrected chi connectivity index (χ0v) is 19.0. The minimum atomic E-state index is -0.0845. The number of hydrogen-bond donors (Lipinski definition) is 0. The maximum Gasteiger partial charge on any atom is 0.266 e. The second-order valence-electron chi connectivity index (χ2n) is 6.77. The highest BCUT2D eigenvalue weighted by atomic mass is 32.2. The van der Waals surface area contributed by atoms with Crippen molar-refractivity contribution in [1.82, 2.24) is 4.90 Å².